The van der Waals surface area contributed by atoms with Crippen molar-refractivity contribution < 1.29 is 13.2 Å². The van der Waals surface area contributed by atoms with Crippen molar-refractivity contribution in [2.75, 3.05) is 23.5 Å². The lowest BCUT2D eigenvalue weighted by molar-refractivity contribution is -0.118. The van der Waals surface area contributed by atoms with E-state index in [2.05, 4.69) is 5.32 Å². The van der Waals surface area contributed by atoms with Gasteiger partial charge in [0, 0.05) is 13.6 Å². The highest BCUT2D eigenvalue weighted by atomic mass is 35.5. The van der Waals surface area contributed by atoms with E-state index in [4.69, 9.17) is 11.6 Å². The number of hydrogen-bond acceptors (Lipinski definition) is 3. The highest BCUT2D eigenvalue weighted by Gasteiger charge is 2.11. The Morgan fingerprint density at radius 1 is 1.44 bits per heavy atom. The lowest BCUT2D eigenvalue weighted by Gasteiger charge is -2.17. The quantitative estimate of drug-likeness (QED) is 0.821. The molecule has 1 aromatic carbocycles. The summed E-state index contributed by atoms with van der Waals surface area (Å²) in [6, 6.07) is 6.93. The molecule has 1 rings (SSSR count). The zero-order chi connectivity index (χ0) is 13.8. The summed E-state index contributed by atoms with van der Waals surface area (Å²) in [5.74, 6) is -0.360. The standard InChI is InChI=1S/C11H15ClN2O3S/c1-14(18(2,16)17)10-5-3-4-9(6-10)8-13-11(15)7-12/h3-6H,7-8H2,1-2H3,(H,13,15). The van der Waals surface area contributed by atoms with E-state index >= 15 is 0 Å². The van der Waals surface area contributed by atoms with Crippen molar-refractivity contribution in [1.29, 1.82) is 0 Å². The molecule has 0 spiro atoms. The molecule has 18 heavy (non-hydrogen) atoms. The van der Waals surface area contributed by atoms with Crippen LogP contribution in [0.3, 0.4) is 0 Å². The number of rotatable bonds is 5. The number of nitrogens with zero attached hydrogens (tertiary/aromatic N) is 1. The normalized spacial score (nSPS) is 11.1. The Balaban J connectivity index is 2.83. The van der Waals surface area contributed by atoms with Crippen LogP contribution in [0.2, 0.25) is 0 Å². The molecule has 0 aliphatic carbocycles. The van der Waals surface area contributed by atoms with Crippen LogP contribution in [0, 0.1) is 0 Å². The zero-order valence-electron chi connectivity index (χ0n) is 10.2. The van der Waals surface area contributed by atoms with E-state index in [0.717, 1.165) is 11.8 Å². The highest BCUT2D eigenvalue weighted by molar-refractivity contribution is 7.92. The summed E-state index contributed by atoms with van der Waals surface area (Å²) in [5, 5.41) is 2.61. The molecule has 1 amide bonds. The van der Waals surface area contributed by atoms with Crippen molar-refractivity contribution in [3.05, 3.63) is 29.8 Å². The summed E-state index contributed by atoms with van der Waals surface area (Å²) in [6.07, 6.45) is 1.13. The van der Waals surface area contributed by atoms with Gasteiger partial charge in [0.05, 0.1) is 11.9 Å². The number of benzene rings is 1. The molecule has 0 unspecified atom stereocenters. The predicted molar refractivity (Wildman–Crippen MR) is 72.3 cm³/mol. The first-order valence-electron chi connectivity index (χ1n) is 5.20. The van der Waals surface area contributed by atoms with Crippen LogP contribution in [0.5, 0.6) is 0 Å². The van der Waals surface area contributed by atoms with Gasteiger partial charge < -0.3 is 5.32 Å². The molecular weight excluding hydrogens is 276 g/mol. The molecule has 0 bridgehead atoms. The molecule has 100 valence electrons. The Morgan fingerprint density at radius 2 is 2.11 bits per heavy atom. The van der Waals surface area contributed by atoms with Crippen molar-refractivity contribution in [3.63, 3.8) is 0 Å². The maximum absolute atomic E-state index is 11.4. The van der Waals surface area contributed by atoms with E-state index in [1.807, 2.05) is 0 Å². The van der Waals surface area contributed by atoms with Crippen molar-refractivity contribution in [2.24, 2.45) is 0 Å². The lowest BCUT2D eigenvalue weighted by atomic mass is 10.2. The average molecular weight is 291 g/mol. The van der Waals surface area contributed by atoms with E-state index in [-0.39, 0.29) is 11.8 Å². The largest absolute Gasteiger partial charge is 0.351 e. The topological polar surface area (TPSA) is 66.5 Å². The van der Waals surface area contributed by atoms with Crippen LogP contribution in [-0.2, 0) is 21.4 Å². The van der Waals surface area contributed by atoms with E-state index in [1.165, 1.54) is 11.4 Å². The molecule has 0 aromatic heterocycles. The van der Waals surface area contributed by atoms with E-state index < -0.39 is 10.0 Å². The molecule has 0 aliphatic heterocycles. The second-order valence-corrected chi connectivity index (χ2v) is 6.09. The van der Waals surface area contributed by atoms with Gasteiger partial charge in [-0.15, -0.1) is 11.6 Å². The van der Waals surface area contributed by atoms with Crippen molar-refractivity contribution >= 4 is 33.2 Å². The second-order valence-electron chi connectivity index (χ2n) is 3.81. The van der Waals surface area contributed by atoms with Gasteiger partial charge in [-0.1, -0.05) is 12.1 Å². The number of anilines is 1. The average Bonchev–Trinajstić information content (AvgIpc) is 2.34. The van der Waals surface area contributed by atoms with Crippen LogP contribution in [0.4, 0.5) is 5.69 Å². The van der Waals surface area contributed by atoms with Crippen LogP contribution in [0.15, 0.2) is 24.3 Å². The number of sulfonamides is 1. The van der Waals surface area contributed by atoms with E-state index in [0.29, 0.717) is 12.2 Å². The Labute approximate surface area is 112 Å². The molecule has 1 N–H and O–H groups in total. The fourth-order valence-corrected chi connectivity index (χ4v) is 1.89. The van der Waals surface area contributed by atoms with Crippen LogP contribution >= 0.6 is 11.6 Å². The summed E-state index contributed by atoms with van der Waals surface area (Å²) >= 11 is 5.36. The molecule has 5 nitrogen and oxygen atoms in total. The fourth-order valence-electron chi connectivity index (χ4n) is 1.30. The van der Waals surface area contributed by atoms with E-state index in [9.17, 15) is 13.2 Å². The third-order valence-electron chi connectivity index (χ3n) is 2.38. The number of hydrogen-bond donors (Lipinski definition) is 1. The third kappa shape index (κ3) is 4.19. The number of amides is 1. The molecule has 0 heterocycles. The minimum Gasteiger partial charge on any atom is -0.351 e. The van der Waals surface area contributed by atoms with Gasteiger partial charge in [-0.05, 0) is 17.7 Å². The van der Waals surface area contributed by atoms with Crippen molar-refractivity contribution in [2.45, 2.75) is 6.54 Å². The minimum atomic E-state index is -3.28. The van der Waals surface area contributed by atoms with Gasteiger partial charge in [-0.25, -0.2) is 8.42 Å². The van der Waals surface area contributed by atoms with Gasteiger partial charge in [0.1, 0.15) is 5.88 Å². The van der Waals surface area contributed by atoms with Crippen LogP contribution in [-0.4, -0.2) is 33.5 Å². The Kier molecular flexibility index (Phi) is 4.98. The highest BCUT2D eigenvalue weighted by Crippen LogP contribution is 2.17. The minimum absolute atomic E-state index is 0.0943. The summed E-state index contributed by atoms with van der Waals surface area (Å²) in [7, 11) is -1.81. The smallest absolute Gasteiger partial charge is 0.235 e. The zero-order valence-corrected chi connectivity index (χ0v) is 11.8. The van der Waals surface area contributed by atoms with Gasteiger partial charge in [0.2, 0.25) is 15.9 Å². The molecule has 0 atom stereocenters. The maximum atomic E-state index is 11.4. The van der Waals surface area contributed by atoms with Crippen molar-refractivity contribution in [3.8, 4) is 0 Å². The fraction of sp³-hybridized carbons (Fsp3) is 0.364. The molecule has 0 fully saturated rings. The van der Waals surface area contributed by atoms with Crippen molar-refractivity contribution in [1.82, 2.24) is 5.32 Å². The molecule has 0 saturated heterocycles. The van der Waals surface area contributed by atoms with Gasteiger partial charge in [-0.3, -0.25) is 9.10 Å². The number of nitrogens with one attached hydrogen (secondary N) is 1. The Bertz CT molecular complexity index is 531. The van der Waals surface area contributed by atoms with Crippen LogP contribution < -0.4 is 9.62 Å². The monoisotopic (exact) mass is 290 g/mol. The van der Waals surface area contributed by atoms with Crippen LogP contribution in [0.1, 0.15) is 5.56 Å². The first-order chi connectivity index (χ1) is 8.34. The van der Waals surface area contributed by atoms with Crippen LogP contribution in [0.25, 0.3) is 0 Å². The Morgan fingerprint density at radius 3 is 2.67 bits per heavy atom. The van der Waals surface area contributed by atoms with Gasteiger partial charge in [-0.2, -0.15) is 0 Å². The summed E-state index contributed by atoms with van der Waals surface area (Å²) in [4.78, 5) is 11.0. The first kappa shape index (κ1) is 14.8. The third-order valence-corrected chi connectivity index (χ3v) is 3.83. The maximum Gasteiger partial charge on any atom is 0.235 e. The lowest BCUT2D eigenvalue weighted by Crippen LogP contribution is -2.26. The second kappa shape index (κ2) is 6.06. The molecule has 1 aromatic rings. The molecule has 0 radical (unpaired) electrons. The molecule has 7 heteroatoms. The summed E-state index contributed by atoms with van der Waals surface area (Å²) in [5.41, 5.74) is 1.36. The number of carbonyl (C=O) groups is 1. The number of halogens is 1. The first-order valence-corrected chi connectivity index (χ1v) is 7.58. The predicted octanol–water partition coefficient (Wildman–Crippen LogP) is 0.937. The van der Waals surface area contributed by atoms with Gasteiger partial charge >= 0.3 is 0 Å². The molecule has 0 saturated carbocycles. The number of carbonyl (C=O) groups excluding carboxylic acids is 1. The van der Waals surface area contributed by atoms with Gasteiger partial charge in [0.15, 0.2) is 0 Å². The van der Waals surface area contributed by atoms with E-state index in [1.54, 1.807) is 24.3 Å². The SMILES string of the molecule is CN(c1cccc(CNC(=O)CCl)c1)S(C)(=O)=O. The Hall–Kier alpha value is -1.27. The summed E-state index contributed by atoms with van der Waals surface area (Å²) < 4.78 is 24.0. The molecular formula is C11H15ClN2O3S. The molecule has 0 aliphatic rings. The van der Waals surface area contributed by atoms with Gasteiger partial charge in [0.25, 0.3) is 0 Å². The summed E-state index contributed by atoms with van der Waals surface area (Å²) in [6.45, 7) is 0.316. The number of alkyl halides is 1.